The summed E-state index contributed by atoms with van der Waals surface area (Å²) in [6, 6.07) is 9.45. The number of likely N-dealkylation sites (N-methyl/N-ethyl adjacent to an activating group) is 1. The zero-order valence-electron chi connectivity index (χ0n) is 10.4. The minimum absolute atomic E-state index is 0.0876. The van der Waals surface area contributed by atoms with E-state index in [9.17, 15) is 4.79 Å². The third-order valence-corrected chi connectivity index (χ3v) is 4.50. The Hall–Kier alpha value is -0.840. The first kappa shape index (κ1) is 14.6. The maximum Gasteiger partial charge on any atom is 0.227 e. The van der Waals surface area contributed by atoms with Gasteiger partial charge in [-0.25, -0.2) is 0 Å². The Balaban J connectivity index is 1.96. The molecule has 0 atom stereocenters. The maximum atomic E-state index is 12.1. The Morgan fingerprint density at radius 2 is 2.16 bits per heavy atom. The van der Waals surface area contributed by atoms with Crippen molar-refractivity contribution in [3.8, 4) is 0 Å². The Morgan fingerprint density at radius 1 is 1.37 bits per heavy atom. The first-order valence-corrected chi connectivity index (χ1v) is 7.81. The van der Waals surface area contributed by atoms with Gasteiger partial charge in [-0.05, 0) is 50.6 Å². The molecule has 0 spiro atoms. The highest BCUT2D eigenvalue weighted by atomic mass is 79.9. The van der Waals surface area contributed by atoms with Crippen LogP contribution in [0.1, 0.15) is 11.1 Å². The van der Waals surface area contributed by atoms with Crippen molar-refractivity contribution in [3.63, 3.8) is 0 Å². The van der Waals surface area contributed by atoms with Gasteiger partial charge in [-0.1, -0.05) is 23.7 Å². The lowest BCUT2D eigenvalue weighted by molar-refractivity contribution is -0.129. The third kappa shape index (κ3) is 4.34. The molecule has 100 valence electrons. The van der Waals surface area contributed by atoms with Crippen molar-refractivity contribution in [1.29, 1.82) is 0 Å². The van der Waals surface area contributed by atoms with Crippen LogP contribution < -0.4 is 0 Å². The molecule has 0 aliphatic rings. The molecule has 1 amide bonds. The van der Waals surface area contributed by atoms with Gasteiger partial charge in [-0.15, -0.1) is 11.3 Å². The van der Waals surface area contributed by atoms with Gasteiger partial charge in [-0.2, -0.15) is 0 Å². The number of hydrogen-bond acceptors (Lipinski definition) is 2. The Morgan fingerprint density at radius 3 is 2.79 bits per heavy atom. The Bertz CT molecular complexity index is 584. The summed E-state index contributed by atoms with van der Waals surface area (Å²) in [4.78, 5) is 13.8. The van der Waals surface area contributed by atoms with E-state index in [1.165, 1.54) is 0 Å². The van der Waals surface area contributed by atoms with Crippen molar-refractivity contribution in [3.05, 3.63) is 55.6 Å². The van der Waals surface area contributed by atoms with Gasteiger partial charge in [0.15, 0.2) is 0 Å². The standard InChI is InChI=1S/C14H13BrClNOS/c1-17(8-11-6-13(15)19-9-11)14(18)7-10-3-2-4-12(16)5-10/h2-6,9H,7-8H2,1H3. The second-order valence-electron chi connectivity index (χ2n) is 4.32. The number of halogens is 2. The third-order valence-electron chi connectivity index (χ3n) is 2.71. The topological polar surface area (TPSA) is 20.3 Å². The molecule has 0 radical (unpaired) electrons. The molecule has 0 unspecified atom stereocenters. The summed E-state index contributed by atoms with van der Waals surface area (Å²) in [6.45, 7) is 0.626. The van der Waals surface area contributed by atoms with Crippen molar-refractivity contribution < 1.29 is 4.79 Å². The summed E-state index contributed by atoms with van der Waals surface area (Å²) in [6.07, 6.45) is 0.377. The SMILES string of the molecule is CN(Cc1csc(Br)c1)C(=O)Cc1cccc(Cl)c1. The summed E-state index contributed by atoms with van der Waals surface area (Å²) in [5.41, 5.74) is 2.08. The molecule has 1 aromatic carbocycles. The lowest BCUT2D eigenvalue weighted by atomic mass is 10.1. The van der Waals surface area contributed by atoms with E-state index in [-0.39, 0.29) is 5.91 Å². The summed E-state index contributed by atoms with van der Waals surface area (Å²) in [5, 5.41) is 2.71. The van der Waals surface area contributed by atoms with Crippen LogP contribution >= 0.6 is 38.9 Å². The number of amides is 1. The van der Waals surface area contributed by atoms with Gasteiger partial charge < -0.3 is 4.90 Å². The smallest absolute Gasteiger partial charge is 0.227 e. The van der Waals surface area contributed by atoms with E-state index in [0.29, 0.717) is 18.0 Å². The van der Waals surface area contributed by atoms with Crippen LogP contribution in [-0.4, -0.2) is 17.9 Å². The fraction of sp³-hybridized carbons (Fsp3) is 0.214. The zero-order chi connectivity index (χ0) is 13.8. The molecule has 0 bridgehead atoms. The highest BCUT2D eigenvalue weighted by molar-refractivity contribution is 9.11. The Labute approximate surface area is 130 Å². The second kappa shape index (κ2) is 6.55. The van der Waals surface area contributed by atoms with Crippen molar-refractivity contribution >= 4 is 44.8 Å². The fourth-order valence-corrected chi connectivity index (χ4v) is 3.16. The molecule has 1 aromatic heterocycles. The van der Waals surface area contributed by atoms with Gasteiger partial charge in [0.1, 0.15) is 0 Å². The number of nitrogens with zero attached hydrogens (tertiary/aromatic N) is 1. The molecule has 0 saturated heterocycles. The van der Waals surface area contributed by atoms with Crippen molar-refractivity contribution in [2.75, 3.05) is 7.05 Å². The highest BCUT2D eigenvalue weighted by Gasteiger charge is 2.11. The molecular weight excluding hydrogens is 346 g/mol. The average Bonchev–Trinajstić information content (AvgIpc) is 2.74. The quantitative estimate of drug-likeness (QED) is 0.795. The summed E-state index contributed by atoms with van der Waals surface area (Å²) >= 11 is 11.0. The van der Waals surface area contributed by atoms with Crippen LogP contribution in [0.15, 0.2) is 39.5 Å². The van der Waals surface area contributed by atoms with Crippen molar-refractivity contribution in [2.24, 2.45) is 0 Å². The van der Waals surface area contributed by atoms with Crippen LogP contribution in [-0.2, 0) is 17.8 Å². The second-order valence-corrected chi connectivity index (χ2v) is 7.04. The molecule has 2 rings (SSSR count). The molecule has 0 aliphatic carbocycles. The predicted molar refractivity (Wildman–Crippen MR) is 83.6 cm³/mol. The van der Waals surface area contributed by atoms with Crippen LogP contribution in [0.4, 0.5) is 0 Å². The molecule has 0 N–H and O–H groups in total. The molecule has 1 heterocycles. The number of carbonyl (C=O) groups excluding carboxylic acids is 1. The van der Waals surface area contributed by atoms with E-state index in [0.717, 1.165) is 14.9 Å². The predicted octanol–water partition coefficient (Wildman–Crippen LogP) is 4.37. The van der Waals surface area contributed by atoms with Gasteiger partial charge in [0.2, 0.25) is 5.91 Å². The Kier molecular flexibility index (Phi) is 5.02. The summed E-state index contributed by atoms with van der Waals surface area (Å²) in [7, 11) is 1.82. The van der Waals surface area contributed by atoms with E-state index >= 15 is 0 Å². The summed E-state index contributed by atoms with van der Waals surface area (Å²) < 4.78 is 1.08. The first-order chi connectivity index (χ1) is 9.04. The van der Waals surface area contributed by atoms with Crippen molar-refractivity contribution in [2.45, 2.75) is 13.0 Å². The lowest BCUT2D eigenvalue weighted by Crippen LogP contribution is -2.27. The number of benzene rings is 1. The van der Waals surface area contributed by atoms with Crippen molar-refractivity contribution in [1.82, 2.24) is 4.90 Å². The van der Waals surface area contributed by atoms with Crippen LogP contribution in [0.5, 0.6) is 0 Å². The fourth-order valence-electron chi connectivity index (χ4n) is 1.75. The monoisotopic (exact) mass is 357 g/mol. The maximum absolute atomic E-state index is 12.1. The molecule has 5 heteroatoms. The number of carbonyl (C=O) groups is 1. The molecule has 2 aromatic rings. The molecule has 0 fully saturated rings. The normalized spacial score (nSPS) is 10.5. The van der Waals surface area contributed by atoms with Gasteiger partial charge in [0.05, 0.1) is 10.2 Å². The first-order valence-electron chi connectivity index (χ1n) is 5.76. The number of hydrogen-bond donors (Lipinski definition) is 0. The molecule has 0 saturated carbocycles. The van der Waals surface area contributed by atoms with Gasteiger partial charge in [0, 0.05) is 18.6 Å². The van der Waals surface area contributed by atoms with Crippen LogP contribution in [0.25, 0.3) is 0 Å². The minimum atomic E-state index is 0.0876. The lowest BCUT2D eigenvalue weighted by Gasteiger charge is -2.16. The molecule has 19 heavy (non-hydrogen) atoms. The number of thiophene rings is 1. The zero-order valence-corrected chi connectivity index (χ0v) is 13.6. The van der Waals surface area contributed by atoms with E-state index < -0.39 is 0 Å². The van der Waals surface area contributed by atoms with E-state index in [1.807, 2.05) is 42.8 Å². The van der Waals surface area contributed by atoms with Gasteiger partial charge >= 0.3 is 0 Å². The molecular formula is C14H13BrClNOS. The van der Waals surface area contributed by atoms with Crippen LogP contribution in [0.3, 0.4) is 0 Å². The highest BCUT2D eigenvalue weighted by Crippen LogP contribution is 2.21. The average molecular weight is 359 g/mol. The van der Waals surface area contributed by atoms with Gasteiger partial charge in [-0.3, -0.25) is 4.79 Å². The van der Waals surface area contributed by atoms with E-state index in [4.69, 9.17) is 11.6 Å². The summed E-state index contributed by atoms with van der Waals surface area (Å²) in [5.74, 6) is 0.0876. The molecule has 2 nitrogen and oxygen atoms in total. The largest absolute Gasteiger partial charge is 0.341 e. The van der Waals surface area contributed by atoms with Crippen LogP contribution in [0, 0.1) is 0 Å². The van der Waals surface area contributed by atoms with Crippen LogP contribution in [0.2, 0.25) is 5.02 Å². The van der Waals surface area contributed by atoms with E-state index in [1.54, 1.807) is 16.2 Å². The minimum Gasteiger partial charge on any atom is -0.341 e. The van der Waals surface area contributed by atoms with E-state index in [2.05, 4.69) is 15.9 Å². The molecule has 0 aliphatic heterocycles. The van der Waals surface area contributed by atoms with Gasteiger partial charge in [0.25, 0.3) is 0 Å². The number of rotatable bonds is 4.